The molecule has 0 aliphatic rings. The third-order valence-electron chi connectivity index (χ3n) is 4.59. The minimum absolute atomic E-state index is 0.298. The van der Waals surface area contributed by atoms with Crippen molar-refractivity contribution in [3.8, 4) is 17.2 Å². The Balaban J connectivity index is 1.79. The van der Waals surface area contributed by atoms with Crippen LogP contribution in [0.4, 0.5) is 0 Å². The first-order valence-corrected chi connectivity index (χ1v) is 14.0. The summed E-state index contributed by atoms with van der Waals surface area (Å²) in [5.41, 5.74) is 1.29. The van der Waals surface area contributed by atoms with Crippen molar-refractivity contribution >= 4 is 39.2 Å². The molecule has 0 aliphatic heterocycles. The van der Waals surface area contributed by atoms with Crippen molar-refractivity contribution < 1.29 is 23.4 Å². The first kappa shape index (κ1) is 27.1. The third kappa shape index (κ3) is 8.01. The Kier molecular flexibility index (Phi) is 9.93. The van der Waals surface area contributed by atoms with Crippen molar-refractivity contribution in [2.45, 2.75) is 0 Å². The van der Waals surface area contributed by atoms with Crippen LogP contribution in [0.2, 0.25) is 0 Å². The van der Waals surface area contributed by atoms with E-state index < -0.39 is 21.5 Å². The van der Waals surface area contributed by atoms with Crippen LogP contribution in [0.25, 0.3) is 0 Å². The summed E-state index contributed by atoms with van der Waals surface area (Å²) in [4.78, 5) is 35.9. The van der Waals surface area contributed by atoms with Gasteiger partial charge >= 0.3 is 224 Å². The summed E-state index contributed by atoms with van der Waals surface area (Å²) in [6.07, 6.45) is 3.91. The van der Waals surface area contributed by atoms with Crippen LogP contribution >= 0.6 is 0 Å². The van der Waals surface area contributed by atoms with E-state index in [0.29, 0.717) is 33.9 Å². The maximum atomic E-state index is 12.0. The van der Waals surface area contributed by atoms with Crippen LogP contribution in [-0.4, -0.2) is 39.2 Å². The number of rotatable bonds is 12. The van der Waals surface area contributed by atoms with Crippen molar-refractivity contribution in [3.05, 3.63) is 128 Å². The fourth-order valence-electron chi connectivity index (χ4n) is 2.84. The predicted molar refractivity (Wildman–Crippen MR) is 140 cm³/mol. The minimum atomic E-state index is -3.46. The van der Waals surface area contributed by atoms with E-state index in [2.05, 4.69) is 35.7 Å². The molecule has 188 valence electrons. The molecule has 0 fully saturated rings. The number of amides is 3. The molecule has 3 rings (SSSR count). The number of hydrogen-bond donors (Lipinski definition) is 3. The van der Waals surface area contributed by atoms with E-state index in [1.807, 2.05) is 0 Å². The molecule has 3 aromatic rings. The Bertz CT molecular complexity index is 1110. The van der Waals surface area contributed by atoms with Gasteiger partial charge in [0.2, 0.25) is 0 Å². The van der Waals surface area contributed by atoms with Crippen LogP contribution in [0.1, 0.15) is 31.1 Å². The van der Waals surface area contributed by atoms with Gasteiger partial charge in [0.15, 0.2) is 0 Å². The Hall–Kier alpha value is -4.49. The molecule has 0 saturated carbocycles. The van der Waals surface area contributed by atoms with Gasteiger partial charge in [-0.2, -0.15) is 0 Å². The molecular formula is C27H24N3O6Sb. The van der Waals surface area contributed by atoms with Crippen LogP contribution in [0.5, 0.6) is 17.2 Å². The van der Waals surface area contributed by atoms with Crippen molar-refractivity contribution in [1.29, 1.82) is 0 Å². The van der Waals surface area contributed by atoms with Gasteiger partial charge in [0.25, 0.3) is 0 Å². The number of carbonyl (C=O) groups is 3. The van der Waals surface area contributed by atoms with E-state index in [9.17, 15) is 14.4 Å². The van der Waals surface area contributed by atoms with Crippen LogP contribution in [0, 0.1) is 0 Å². The summed E-state index contributed by atoms with van der Waals surface area (Å²) in [6, 6.07) is 19.4. The molecule has 0 aliphatic carbocycles. The van der Waals surface area contributed by atoms with Gasteiger partial charge in [0, 0.05) is 0 Å². The SMILES string of the molecule is C=CNC(=O)c1ccc([O][Sb]([O]c2ccc(C(=O)NC=C)cc2)[O]c2ccc(C(=O)NC=C)cc2)cc1. The Morgan fingerprint density at radius 3 is 0.973 bits per heavy atom. The van der Waals surface area contributed by atoms with E-state index in [1.165, 1.54) is 18.6 Å². The molecule has 10 heteroatoms. The van der Waals surface area contributed by atoms with E-state index in [1.54, 1.807) is 72.8 Å². The average Bonchev–Trinajstić information content (AvgIpc) is 2.90. The summed E-state index contributed by atoms with van der Waals surface area (Å²) >= 11 is -3.46. The Morgan fingerprint density at radius 2 is 0.757 bits per heavy atom. The van der Waals surface area contributed by atoms with E-state index >= 15 is 0 Å². The van der Waals surface area contributed by atoms with Crippen LogP contribution in [0.3, 0.4) is 0 Å². The second-order valence-electron chi connectivity index (χ2n) is 7.10. The molecule has 9 nitrogen and oxygen atoms in total. The molecule has 3 amide bonds. The van der Waals surface area contributed by atoms with Gasteiger partial charge in [-0.05, 0) is 0 Å². The maximum absolute atomic E-state index is 12.0. The molecular weight excluding hydrogens is 584 g/mol. The van der Waals surface area contributed by atoms with E-state index in [-0.39, 0.29) is 17.7 Å². The van der Waals surface area contributed by atoms with Gasteiger partial charge in [-0.3, -0.25) is 0 Å². The molecule has 0 saturated heterocycles. The predicted octanol–water partition coefficient (Wildman–Crippen LogP) is 3.83. The molecule has 3 aromatic carbocycles. The summed E-state index contributed by atoms with van der Waals surface area (Å²) in [7, 11) is 0. The monoisotopic (exact) mass is 607 g/mol. The summed E-state index contributed by atoms with van der Waals surface area (Å²) in [5.74, 6) is 0.445. The van der Waals surface area contributed by atoms with E-state index in [0.717, 1.165) is 0 Å². The number of nitrogens with one attached hydrogen (secondary N) is 3. The standard InChI is InChI=1S/3C9H9NO2.Sb/c3*1-2-10-9(12)7-3-5-8(11)6-4-7;/h3*2-6,11H,1H2,(H,10,12);/q;;;+3/p-3. The zero-order valence-electron chi connectivity index (χ0n) is 19.7. The molecule has 37 heavy (non-hydrogen) atoms. The first-order valence-electron chi connectivity index (χ1n) is 10.8. The molecule has 0 aromatic heterocycles. The number of hydrogen-bond acceptors (Lipinski definition) is 6. The number of carbonyl (C=O) groups excluding carboxylic acids is 3. The Labute approximate surface area is 223 Å². The fourth-order valence-corrected chi connectivity index (χ4v) is 5.68. The second-order valence-corrected chi connectivity index (χ2v) is 9.94. The van der Waals surface area contributed by atoms with Crippen molar-refractivity contribution in [2.24, 2.45) is 0 Å². The second kappa shape index (κ2) is 13.6. The van der Waals surface area contributed by atoms with Gasteiger partial charge in [0.1, 0.15) is 0 Å². The van der Waals surface area contributed by atoms with Gasteiger partial charge in [-0.25, -0.2) is 0 Å². The van der Waals surface area contributed by atoms with Gasteiger partial charge < -0.3 is 0 Å². The average molecular weight is 608 g/mol. The number of benzene rings is 3. The van der Waals surface area contributed by atoms with Gasteiger partial charge in [-0.15, -0.1) is 0 Å². The topological polar surface area (TPSA) is 115 Å². The summed E-state index contributed by atoms with van der Waals surface area (Å²) in [6.45, 7) is 10.4. The van der Waals surface area contributed by atoms with E-state index in [4.69, 9.17) is 9.05 Å². The zero-order valence-corrected chi connectivity index (χ0v) is 22.2. The van der Waals surface area contributed by atoms with Crippen molar-refractivity contribution in [3.63, 3.8) is 0 Å². The quantitative estimate of drug-likeness (QED) is 0.270. The molecule has 0 heterocycles. The molecule has 0 spiro atoms. The first-order chi connectivity index (χ1) is 17.9. The Morgan fingerprint density at radius 1 is 0.514 bits per heavy atom. The van der Waals surface area contributed by atoms with Crippen molar-refractivity contribution in [2.75, 3.05) is 0 Å². The van der Waals surface area contributed by atoms with Gasteiger partial charge in [-0.1, -0.05) is 0 Å². The normalized spacial score (nSPS) is 9.97. The summed E-state index contributed by atoms with van der Waals surface area (Å²) in [5, 5.41) is 7.52. The van der Waals surface area contributed by atoms with Crippen LogP contribution in [0.15, 0.2) is 111 Å². The molecule has 3 N–H and O–H groups in total. The zero-order chi connectivity index (χ0) is 26.6. The fraction of sp³-hybridized carbons (Fsp3) is 0. The van der Waals surface area contributed by atoms with Crippen LogP contribution < -0.4 is 25.0 Å². The summed E-state index contributed by atoms with van der Waals surface area (Å²) < 4.78 is 18.2. The molecule has 0 atom stereocenters. The molecule has 0 radical (unpaired) electrons. The van der Waals surface area contributed by atoms with Crippen LogP contribution in [-0.2, 0) is 0 Å². The third-order valence-corrected chi connectivity index (χ3v) is 7.67. The van der Waals surface area contributed by atoms with Gasteiger partial charge in [0.05, 0.1) is 0 Å². The molecule has 0 bridgehead atoms. The molecule has 0 unspecified atom stereocenters. The van der Waals surface area contributed by atoms with Crippen molar-refractivity contribution in [1.82, 2.24) is 16.0 Å².